The Balaban J connectivity index is 1.49. The number of ether oxygens (including phenoxy) is 1. The minimum absolute atomic E-state index is 0.221. The van der Waals surface area contributed by atoms with E-state index < -0.39 is 6.85 Å². The Morgan fingerprint density at radius 1 is 0.806 bits per heavy atom. The minimum atomic E-state index is -2.25. The summed E-state index contributed by atoms with van der Waals surface area (Å²) in [5.41, 5.74) is 5.04. The van der Waals surface area contributed by atoms with Crippen molar-refractivity contribution in [2.75, 3.05) is 0 Å². The fourth-order valence-corrected chi connectivity index (χ4v) is 4.49. The molecule has 6 aromatic rings. The predicted molar refractivity (Wildman–Crippen MR) is 144 cm³/mol. The first-order valence-electron chi connectivity index (χ1n) is 12.9. The number of fused-ring (bicyclic) bond motifs is 3. The van der Waals surface area contributed by atoms with Crippen LogP contribution in [0.2, 0.25) is 0 Å². The summed E-state index contributed by atoms with van der Waals surface area (Å²) < 4.78 is 31.8. The molecule has 0 aliphatic heterocycles. The topological polar surface area (TPSA) is 44.3 Å². The lowest BCUT2D eigenvalue weighted by Crippen LogP contribution is -1.97. The molecule has 3 aromatic heterocycles. The first-order chi connectivity index (χ1) is 18.8. The Morgan fingerprint density at radius 3 is 2.50 bits per heavy atom. The van der Waals surface area contributed by atoms with Crippen molar-refractivity contribution in [3.05, 3.63) is 120 Å². The van der Waals surface area contributed by atoms with Gasteiger partial charge in [-0.25, -0.2) is 9.83 Å². The van der Waals surface area contributed by atoms with Crippen molar-refractivity contribution in [3.63, 3.8) is 0 Å². The average molecular weight is 470 g/mol. The van der Waals surface area contributed by atoms with Gasteiger partial charge in [-0.2, -0.15) is 0 Å². The van der Waals surface area contributed by atoms with Crippen molar-refractivity contribution < 1.29 is 8.85 Å². The standard InChI is InChI=1S/C31H22N4O/c1-20-10-12-33-28(14-20)22-16-23(32-3)18-25(17-22)36-24-8-9-27-26-6-4-5-7-29(26)35(30(27)19-24)31-15-21(2)11-13-34-31/h4-19H,1-2H3/i2D3. The van der Waals surface area contributed by atoms with E-state index in [9.17, 15) is 0 Å². The summed E-state index contributed by atoms with van der Waals surface area (Å²) in [4.78, 5) is 12.6. The summed E-state index contributed by atoms with van der Waals surface area (Å²) in [5.74, 6) is 1.60. The maximum Gasteiger partial charge on any atom is 0.191 e. The predicted octanol–water partition coefficient (Wildman–Crippen LogP) is 8.20. The smallest absolute Gasteiger partial charge is 0.191 e. The van der Waals surface area contributed by atoms with E-state index in [1.807, 2.05) is 72.2 Å². The van der Waals surface area contributed by atoms with Gasteiger partial charge in [0.25, 0.3) is 0 Å². The van der Waals surface area contributed by atoms with Crippen LogP contribution in [0.5, 0.6) is 11.5 Å². The Labute approximate surface area is 213 Å². The van der Waals surface area contributed by atoms with Crippen molar-refractivity contribution in [2.45, 2.75) is 13.8 Å². The molecule has 5 nitrogen and oxygen atoms in total. The number of pyridine rings is 2. The minimum Gasteiger partial charge on any atom is -0.459 e. The number of aromatic nitrogens is 3. The molecule has 6 rings (SSSR count). The molecule has 3 aromatic carbocycles. The van der Waals surface area contributed by atoms with E-state index in [0.717, 1.165) is 38.6 Å². The molecular formula is C31H22N4O. The molecule has 0 fully saturated rings. The number of hydrogen-bond donors (Lipinski definition) is 0. The molecule has 0 amide bonds. The summed E-state index contributed by atoms with van der Waals surface area (Å²) in [6, 6.07) is 26.1. The van der Waals surface area contributed by atoms with Gasteiger partial charge >= 0.3 is 0 Å². The third kappa shape index (κ3) is 3.85. The molecule has 0 saturated carbocycles. The van der Waals surface area contributed by atoms with Crippen LogP contribution in [0.3, 0.4) is 0 Å². The number of nitrogens with zero attached hydrogens (tertiary/aromatic N) is 4. The van der Waals surface area contributed by atoms with E-state index in [4.69, 9.17) is 15.4 Å². The lowest BCUT2D eigenvalue weighted by Gasteiger charge is -2.11. The Morgan fingerprint density at radius 2 is 1.64 bits per heavy atom. The molecule has 0 spiro atoms. The molecule has 0 bridgehead atoms. The van der Waals surface area contributed by atoms with Crippen LogP contribution in [0.25, 0.3) is 43.7 Å². The summed E-state index contributed by atoms with van der Waals surface area (Å²) in [5, 5.41) is 2.00. The Kier molecular flexibility index (Phi) is 4.43. The van der Waals surface area contributed by atoms with Gasteiger partial charge in [-0.3, -0.25) is 9.55 Å². The molecule has 5 heteroatoms. The van der Waals surface area contributed by atoms with E-state index in [1.165, 1.54) is 12.3 Å². The highest BCUT2D eigenvalue weighted by molar-refractivity contribution is 6.09. The van der Waals surface area contributed by atoms with Crippen molar-refractivity contribution in [1.29, 1.82) is 0 Å². The zero-order valence-corrected chi connectivity index (χ0v) is 19.4. The highest BCUT2D eigenvalue weighted by atomic mass is 16.5. The van der Waals surface area contributed by atoms with Gasteiger partial charge in [0, 0.05) is 33.3 Å². The van der Waals surface area contributed by atoms with Gasteiger partial charge < -0.3 is 4.74 Å². The maximum absolute atomic E-state index is 7.86. The fourth-order valence-electron chi connectivity index (χ4n) is 4.49. The molecule has 0 radical (unpaired) electrons. The molecule has 0 saturated heterocycles. The van der Waals surface area contributed by atoms with Crippen LogP contribution in [0, 0.1) is 20.3 Å². The lowest BCUT2D eigenvalue weighted by molar-refractivity contribution is 0.484. The number of rotatable bonds is 4. The molecule has 36 heavy (non-hydrogen) atoms. The highest BCUT2D eigenvalue weighted by Gasteiger charge is 2.14. The first-order valence-corrected chi connectivity index (χ1v) is 11.4. The van der Waals surface area contributed by atoms with E-state index in [1.54, 1.807) is 24.4 Å². The normalized spacial score (nSPS) is 12.6. The lowest BCUT2D eigenvalue weighted by atomic mass is 10.1. The van der Waals surface area contributed by atoms with Crippen molar-refractivity contribution in [2.24, 2.45) is 0 Å². The van der Waals surface area contributed by atoms with E-state index in [-0.39, 0.29) is 5.56 Å². The highest BCUT2D eigenvalue weighted by Crippen LogP contribution is 2.36. The van der Waals surface area contributed by atoms with Gasteiger partial charge in [0.1, 0.15) is 17.3 Å². The van der Waals surface area contributed by atoms with Crippen molar-refractivity contribution in [1.82, 2.24) is 14.5 Å². The van der Waals surface area contributed by atoms with Crippen LogP contribution in [0.1, 0.15) is 15.2 Å². The van der Waals surface area contributed by atoms with Crippen LogP contribution in [-0.4, -0.2) is 14.5 Å². The number of hydrogen-bond acceptors (Lipinski definition) is 3. The zero-order valence-electron chi connectivity index (χ0n) is 22.4. The number of para-hydroxylation sites is 1. The van der Waals surface area contributed by atoms with E-state index >= 15 is 0 Å². The van der Waals surface area contributed by atoms with Crippen LogP contribution >= 0.6 is 0 Å². The van der Waals surface area contributed by atoms with Crippen molar-refractivity contribution >= 4 is 27.5 Å². The van der Waals surface area contributed by atoms with Gasteiger partial charge in [-0.15, -0.1) is 0 Å². The molecule has 172 valence electrons. The first kappa shape index (κ1) is 18.4. The van der Waals surface area contributed by atoms with Gasteiger partial charge in [-0.05, 0) is 91.1 Å². The summed E-state index contributed by atoms with van der Waals surface area (Å²) in [6.45, 7) is 7.33. The van der Waals surface area contributed by atoms with Crippen LogP contribution in [0.15, 0.2) is 97.3 Å². The van der Waals surface area contributed by atoms with E-state index in [2.05, 4.69) is 14.8 Å². The van der Waals surface area contributed by atoms with Gasteiger partial charge in [-0.1, -0.05) is 18.2 Å². The van der Waals surface area contributed by atoms with Gasteiger partial charge in [0.2, 0.25) is 0 Å². The van der Waals surface area contributed by atoms with Gasteiger partial charge in [0.05, 0.1) is 23.3 Å². The van der Waals surface area contributed by atoms with Crippen molar-refractivity contribution in [3.8, 4) is 28.6 Å². The second-order valence-electron chi connectivity index (χ2n) is 8.58. The SMILES string of the molecule is [2H]C([2H])([2H])c1ccnc(-n2c3ccccc3c3ccc(Oc4cc([N+]#[C-])cc(-c5cc(C)ccn5)c4)cc32)c1. The zero-order chi connectivity index (χ0) is 27.1. The number of benzene rings is 3. The average Bonchev–Trinajstić information content (AvgIpc) is 3.26. The van der Waals surface area contributed by atoms with Crippen LogP contribution in [0.4, 0.5) is 5.69 Å². The largest absolute Gasteiger partial charge is 0.459 e. The molecule has 0 unspecified atom stereocenters. The quantitative estimate of drug-likeness (QED) is 0.244. The Hall–Kier alpha value is -4.95. The molecule has 3 heterocycles. The second kappa shape index (κ2) is 8.68. The summed E-state index contributed by atoms with van der Waals surface area (Å²) in [7, 11) is 0. The fraction of sp³-hybridized carbons (Fsp3) is 0.0645. The molecule has 0 atom stereocenters. The monoisotopic (exact) mass is 469 g/mol. The van der Waals surface area contributed by atoms with Crippen LogP contribution in [-0.2, 0) is 0 Å². The van der Waals surface area contributed by atoms with E-state index in [0.29, 0.717) is 23.0 Å². The maximum atomic E-state index is 7.86. The molecule has 0 aliphatic carbocycles. The second-order valence-corrected chi connectivity index (χ2v) is 8.58. The Bertz CT molecular complexity index is 1920. The van der Waals surface area contributed by atoms with Gasteiger partial charge in [0.15, 0.2) is 5.69 Å². The third-order valence-corrected chi connectivity index (χ3v) is 6.09. The molecule has 0 aliphatic rings. The molecular weight excluding hydrogens is 444 g/mol. The van der Waals surface area contributed by atoms with Crippen LogP contribution < -0.4 is 4.74 Å². The molecule has 0 N–H and O–H groups in total. The number of aryl methyl sites for hydroxylation is 2. The third-order valence-electron chi connectivity index (χ3n) is 6.09. The summed E-state index contributed by atoms with van der Waals surface area (Å²) in [6.07, 6.45) is 3.27. The summed E-state index contributed by atoms with van der Waals surface area (Å²) >= 11 is 0.